The monoisotopic (exact) mass is 268 g/mol. The van der Waals surface area contributed by atoms with E-state index in [0.717, 1.165) is 0 Å². The molecule has 0 fully saturated rings. The molecule has 0 aromatic carbocycles. The molecule has 0 aliphatic heterocycles. The Labute approximate surface area is 109 Å². The first-order valence-corrected chi connectivity index (χ1v) is 6.36. The van der Waals surface area contributed by atoms with Crippen LogP contribution < -0.4 is 11.1 Å². The van der Waals surface area contributed by atoms with Crippen LogP contribution in [-0.2, 0) is 0 Å². The first-order chi connectivity index (χ1) is 8.08. The third-order valence-corrected chi connectivity index (χ3v) is 3.86. The van der Waals surface area contributed by atoms with E-state index in [1.165, 1.54) is 16.1 Å². The predicted octanol–water partition coefficient (Wildman–Crippen LogP) is 3.26. The van der Waals surface area contributed by atoms with Gasteiger partial charge in [-0.25, -0.2) is 9.97 Å². The van der Waals surface area contributed by atoms with Crippen molar-refractivity contribution in [3.63, 3.8) is 0 Å². The molecule has 2 heterocycles. The van der Waals surface area contributed by atoms with E-state index in [-0.39, 0.29) is 11.2 Å². The van der Waals surface area contributed by atoms with Gasteiger partial charge in [0.15, 0.2) is 11.0 Å². The number of halogens is 1. The molecule has 0 aliphatic rings. The van der Waals surface area contributed by atoms with E-state index in [9.17, 15) is 0 Å². The van der Waals surface area contributed by atoms with Gasteiger partial charge in [0.25, 0.3) is 0 Å². The first-order valence-electron chi connectivity index (χ1n) is 5.16. The van der Waals surface area contributed by atoms with Gasteiger partial charge in [0.2, 0.25) is 0 Å². The summed E-state index contributed by atoms with van der Waals surface area (Å²) in [5, 5.41) is 3.51. The Balaban J connectivity index is 2.18. The highest BCUT2D eigenvalue weighted by Gasteiger charge is 2.11. The van der Waals surface area contributed by atoms with Crippen molar-refractivity contribution in [1.29, 1.82) is 0 Å². The molecule has 0 saturated carbocycles. The van der Waals surface area contributed by atoms with Crippen molar-refractivity contribution in [1.82, 2.24) is 9.97 Å². The Morgan fingerprint density at radius 1 is 1.41 bits per heavy atom. The second kappa shape index (κ2) is 4.89. The summed E-state index contributed by atoms with van der Waals surface area (Å²) in [6, 6.07) is 4.33. The summed E-state index contributed by atoms with van der Waals surface area (Å²) >= 11 is 7.58. The van der Waals surface area contributed by atoms with Crippen molar-refractivity contribution in [2.45, 2.75) is 19.9 Å². The fourth-order valence-corrected chi connectivity index (χ4v) is 2.46. The van der Waals surface area contributed by atoms with Gasteiger partial charge >= 0.3 is 0 Å². The molecule has 17 heavy (non-hydrogen) atoms. The van der Waals surface area contributed by atoms with Crippen molar-refractivity contribution in [2.24, 2.45) is 0 Å². The number of anilines is 2. The standard InChI is InChI=1S/C11H13ClN4S/c1-6-3-4-8(17-6)7(2)16-11-9(13)10(12)14-5-15-11/h3-5,7H,13H2,1-2H3,(H,14,15,16). The number of nitrogens with one attached hydrogen (secondary N) is 1. The molecule has 0 aliphatic carbocycles. The molecule has 1 unspecified atom stereocenters. The van der Waals surface area contributed by atoms with Crippen LogP contribution in [0.3, 0.4) is 0 Å². The molecular formula is C11H13ClN4S. The van der Waals surface area contributed by atoms with E-state index >= 15 is 0 Å². The number of aromatic nitrogens is 2. The lowest BCUT2D eigenvalue weighted by atomic mass is 10.2. The van der Waals surface area contributed by atoms with Crippen molar-refractivity contribution < 1.29 is 0 Å². The van der Waals surface area contributed by atoms with E-state index in [1.807, 2.05) is 0 Å². The van der Waals surface area contributed by atoms with Crippen LogP contribution in [0.15, 0.2) is 18.5 Å². The molecule has 0 amide bonds. The van der Waals surface area contributed by atoms with Gasteiger partial charge in [-0.2, -0.15) is 0 Å². The fourth-order valence-electron chi connectivity index (χ4n) is 1.45. The summed E-state index contributed by atoms with van der Waals surface area (Å²) in [5.41, 5.74) is 6.18. The molecule has 4 nitrogen and oxygen atoms in total. The van der Waals surface area contributed by atoms with Crippen LogP contribution in [0.5, 0.6) is 0 Å². The highest BCUT2D eigenvalue weighted by atomic mass is 35.5. The van der Waals surface area contributed by atoms with Gasteiger partial charge < -0.3 is 11.1 Å². The zero-order chi connectivity index (χ0) is 12.4. The van der Waals surface area contributed by atoms with E-state index < -0.39 is 0 Å². The van der Waals surface area contributed by atoms with Gasteiger partial charge in [0.05, 0.1) is 6.04 Å². The molecule has 3 N–H and O–H groups in total. The molecule has 0 radical (unpaired) electrons. The van der Waals surface area contributed by atoms with Gasteiger partial charge in [-0.05, 0) is 26.0 Å². The summed E-state index contributed by atoms with van der Waals surface area (Å²) < 4.78 is 0. The maximum absolute atomic E-state index is 5.83. The van der Waals surface area contributed by atoms with Crippen LogP contribution in [0, 0.1) is 6.92 Å². The number of aryl methyl sites for hydroxylation is 1. The van der Waals surface area contributed by atoms with E-state index in [2.05, 4.69) is 41.3 Å². The van der Waals surface area contributed by atoms with Crippen molar-refractivity contribution >= 4 is 34.4 Å². The van der Waals surface area contributed by atoms with Crippen LogP contribution in [0.1, 0.15) is 22.7 Å². The molecule has 2 rings (SSSR count). The molecule has 0 spiro atoms. The summed E-state index contributed by atoms with van der Waals surface area (Å²) in [6.45, 7) is 4.14. The smallest absolute Gasteiger partial charge is 0.157 e. The Morgan fingerprint density at radius 2 is 2.18 bits per heavy atom. The van der Waals surface area contributed by atoms with Crippen LogP contribution in [0.4, 0.5) is 11.5 Å². The largest absolute Gasteiger partial charge is 0.393 e. The van der Waals surface area contributed by atoms with Crippen LogP contribution in [-0.4, -0.2) is 9.97 Å². The number of nitrogens with zero attached hydrogens (tertiary/aromatic N) is 2. The third kappa shape index (κ3) is 2.68. The SMILES string of the molecule is Cc1ccc(C(C)Nc2ncnc(Cl)c2N)s1. The minimum absolute atomic E-state index is 0.141. The fraction of sp³-hybridized carbons (Fsp3) is 0.273. The Hall–Kier alpha value is -1.33. The number of nitrogens with two attached hydrogens (primary N) is 1. The van der Waals surface area contributed by atoms with Crippen LogP contribution >= 0.6 is 22.9 Å². The van der Waals surface area contributed by atoms with Gasteiger partial charge in [-0.1, -0.05) is 11.6 Å². The van der Waals surface area contributed by atoms with Crippen LogP contribution in [0.25, 0.3) is 0 Å². The molecule has 6 heteroatoms. The molecule has 2 aromatic rings. The third-order valence-electron chi connectivity index (χ3n) is 2.38. The lowest BCUT2D eigenvalue weighted by Gasteiger charge is -2.14. The molecular weight excluding hydrogens is 256 g/mol. The zero-order valence-corrected chi connectivity index (χ0v) is 11.1. The quantitative estimate of drug-likeness (QED) is 0.839. The Kier molecular flexibility index (Phi) is 3.49. The topological polar surface area (TPSA) is 63.8 Å². The number of nitrogen functional groups attached to an aromatic ring is 1. The summed E-state index contributed by atoms with van der Waals surface area (Å²) in [4.78, 5) is 10.4. The van der Waals surface area contributed by atoms with Gasteiger partial charge in [-0.3, -0.25) is 0 Å². The van der Waals surface area contributed by atoms with E-state index in [4.69, 9.17) is 17.3 Å². The summed E-state index contributed by atoms with van der Waals surface area (Å²) in [7, 11) is 0. The highest BCUT2D eigenvalue weighted by Crippen LogP contribution is 2.28. The minimum atomic E-state index is 0.141. The van der Waals surface area contributed by atoms with E-state index in [0.29, 0.717) is 11.5 Å². The number of thiophene rings is 1. The van der Waals surface area contributed by atoms with Crippen molar-refractivity contribution in [2.75, 3.05) is 11.1 Å². The second-order valence-electron chi connectivity index (χ2n) is 3.74. The van der Waals surface area contributed by atoms with Gasteiger partial charge in [0, 0.05) is 9.75 Å². The summed E-state index contributed by atoms with van der Waals surface area (Å²) in [6.07, 6.45) is 1.40. The molecule has 0 bridgehead atoms. The lowest BCUT2D eigenvalue weighted by Crippen LogP contribution is -2.09. The number of rotatable bonds is 3. The second-order valence-corrected chi connectivity index (χ2v) is 5.42. The minimum Gasteiger partial charge on any atom is -0.393 e. The normalized spacial score (nSPS) is 12.4. The maximum Gasteiger partial charge on any atom is 0.157 e. The Morgan fingerprint density at radius 3 is 2.82 bits per heavy atom. The van der Waals surface area contributed by atoms with E-state index in [1.54, 1.807) is 11.3 Å². The molecule has 0 saturated heterocycles. The average Bonchev–Trinajstić information content (AvgIpc) is 2.72. The van der Waals surface area contributed by atoms with Gasteiger partial charge in [0.1, 0.15) is 12.0 Å². The Bertz CT molecular complexity index is 526. The predicted molar refractivity (Wildman–Crippen MR) is 72.5 cm³/mol. The number of hydrogen-bond acceptors (Lipinski definition) is 5. The van der Waals surface area contributed by atoms with Crippen molar-refractivity contribution in [3.8, 4) is 0 Å². The zero-order valence-electron chi connectivity index (χ0n) is 9.57. The van der Waals surface area contributed by atoms with Gasteiger partial charge in [-0.15, -0.1) is 11.3 Å². The highest BCUT2D eigenvalue weighted by molar-refractivity contribution is 7.12. The molecule has 90 valence electrons. The summed E-state index contributed by atoms with van der Waals surface area (Å²) in [5.74, 6) is 0.573. The maximum atomic E-state index is 5.83. The average molecular weight is 269 g/mol. The molecule has 2 aromatic heterocycles. The number of hydrogen-bond donors (Lipinski definition) is 2. The first kappa shape index (κ1) is 12.1. The van der Waals surface area contributed by atoms with Crippen molar-refractivity contribution in [3.05, 3.63) is 33.4 Å². The lowest BCUT2D eigenvalue weighted by molar-refractivity contribution is 0.894. The van der Waals surface area contributed by atoms with Crippen LogP contribution in [0.2, 0.25) is 5.15 Å². The molecule has 1 atom stereocenters.